The summed E-state index contributed by atoms with van der Waals surface area (Å²) in [6.07, 6.45) is 0.404. The molecule has 0 aliphatic carbocycles. The van der Waals surface area contributed by atoms with Gasteiger partial charge in [-0.25, -0.2) is 8.42 Å². The molecule has 18 heavy (non-hydrogen) atoms. The van der Waals surface area contributed by atoms with E-state index < -0.39 is 10.0 Å². The van der Waals surface area contributed by atoms with Gasteiger partial charge in [0.2, 0.25) is 10.0 Å². The van der Waals surface area contributed by atoms with E-state index in [-0.39, 0.29) is 5.75 Å². The first kappa shape index (κ1) is 15.4. The topological polar surface area (TPSA) is 55.4 Å². The normalized spacial score (nSPS) is 11.3. The molecular weight excluding hydrogens is 297 g/mol. The van der Waals surface area contributed by atoms with Crippen LogP contribution in [0.25, 0.3) is 0 Å². The molecule has 102 valence electrons. The summed E-state index contributed by atoms with van der Waals surface area (Å²) in [7, 11) is -3.37. The van der Waals surface area contributed by atoms with Crippen molar-refractivity contribution in [2.75, 3.05) is 23.0 Å². The lowest BCUT2D eigenvalue weighted by Crippen LogP contribution is -2.16. The van der Waals surface area contributed by atoms with Crippen LogP contribution >= 0.6 is 23.2 Å². The predicted molar refractivity (Wildman–Crippen MR) is 75.4 cm³/mol. The molecule has 0 radical (unpaired) electrons. The molecule has 1 N–H and O–H groups in total. The quantitative estimate of drug-likeness (QED) is 0.787. The van der Waals surface area contributed by atoms with Crippen molar-refractivity contribution in [1.29, 1.82) is 0 Å². The molecule has 0 amide bonds. The SMILES string of the molecule is CCOc1ccc(NS(=O)(=O)CCCCl)cc1Cl. The number of nitrogens with one attached hydrogen (secondary N) is 1. The Kier molecular flexibility index (Phi) is 6.05. The van der Waals surface area contributed by atoms with E-state index in [0.29, 0.717) is 35.4 Å². The summed E-state index contributed by atoms with van der Waals surface area (Å²) in [4.78, 5) is 0. The molecular formula is C11H15Cl2NO3S. The number of alkyl halides is 1. The van der Waals surface area contributed by atoms with Crippen molar-refractivity contribution in [2.24, 2.45) is 0 Å². The minimum absolute atomic E-state index is 0.0126. The van der Waals surface area contributed by atoms with E-state index >= 15 is 0 Å². The van der Waals surface area contributed by atoms with E-state index in [4.69, 9.17) is 27.9 Å². The Morgan fingerprint density at radius 1 is 1.39 bits per heavy atom. The second-order valence-corrected chi connectivity index (χ2v) is 6.17. The Bertz CT molecular complexity index is 491. The average molecular weight is 312 g/mol. The number of sulfonamides is 1. The molecule has 7 heteroatoms. The number of hydrogen-bond acceptors (Lipinski definition) is 3. The van der Waals surface area contributed by atoms with Crippen LogP contribution in [0.2, 0.25) is 5.02 Å². The van der Waals surface area contributed by atoms with Gasteiger partial charge in [-0.05, 0) is 31.5 Å². The van der Waals surface area contributed by atoms with E-state index in [0.717, 1.165) is 0 Å². The zero-order chi connectivity index (χ0) is 13.6. The van der Waals surface area contributed by atoms with Crippen LogP contribution in [0.5, 0.6) is 5.75 Å². The molecule has 0 atom stereocenters. The van der Waals surface area contributed by atoms with Crippen molar-refractivity contribution in [3.63, 3.8) is 0 Å². The maximum absolute atomic E-state index is 11.6. The Labute approximate surface area is 117 Å². The summed E-state index contributed by atoms with van der Waals surface area (Å²) in [6.45, 7) is 2.35. The summed E-state index contributed by atoms with van der Waals surface area (Å²) < 4.78 is 31.0. The van der Waals surface area contributed by atoms with Gasteiger partial charge in [0.1, 0.15) is 5.75 Å². The van der Waals surface area contributed by atoms with Crippen molar-refractivity contribution in [1.82, 2.24) is 0 Å². The molecule has 0 spiro atoms. The molecule has 0 bridgehead atoms. The van der Waals surface area contributed by atoms with Gasteiger partial charge >= 0.3 is 0 Å². The van der Waals surface area contributed by atoms with Gasteiger partial charge in [0, 0.05) is 5.88 Å². The fraction of sp³-hybridized carbons (Fsp3) is 0.455. The highest BCUT2D eigenvalue weighted by molar-refractivity contribution is 7.92. The minimum Gasteiger partial charge on any atom is -0.492 e. The molecule has 1 rings (SSSR count). The zero-order valence-corrected chi connectivity index (χ0v) is 12.3. The standard InChI is InChI=1S/C11H15Cl2NO3S/c1-2-17-11-5-4-9(8-10(11)13)14-18(15,16)7-3-6-12/h4-5,8,14H,2-3,6-7H2,1H3. The van der Waals surface area contributed by atoms with Crippen LogP contribution in [0, 0.1) is 0 Å². The van der Waals surface area contributed by atoms with Crippen molar-refractivity contribution in [3.05, 3.63) is 23.2 Å². The molecule has 1 aromatic carbocycles. The summed E-state index contributed by atoms with van der Waals surface area (Å²) in [5, 5.41) is 0.370. The Morgan fingerprint density at radius 3 is 2.67 bits per heavy atom. The van der Waals surface area contributed by atoms with E-state index in [2.05, 4.69) is 4.72 Å². The van der Waals surface area contributed by atoms with Gasteiger partial charge in [-0.2, -0.15) is 0 Å². The van der Waals surface area contributed by atoms with Gasteiger partial charge in [0.15, 0.2) is 0 Å². The monoisotopic (exact) mass is 311 g/mol. The van der Waals surface area contributed by atoms with Gasteiger partial charge in [-0.3, -0.25) is 4.72 Å². The van der Waals surface area contributed by atoms with Crippen LogP contribution in [0.3, 0.4) is 0 Å². The fourth-order valence-electron chi connectivity index (χ4n) is 1.31. The third kappa shape index (κ3) is 4.92. The lowest BCUT2D eigenvalue weighted by molar-refractivity contribution is 0.340. The Morgan fingerprint density at radius 2 is 2.11 bits per heavy atom. The zero-order valence-electron chi connectivity index (χ0n) is 9.95. The van der Waals surface area contributed by atoms with Crippen molar-refractivity contribution < 1.29 is 13.2 Å². The fourth-order valence-corrected chi connectivity index (χ4v) is 2.95. The second-order valence-electron chi connectivity index (χ2n) is 3.54. The van der Waals surface area contributed by atoms with E-state index in [1.807, 2.05) is 6.92 Å². The van der Waals surface area contributed by atoms with E-state index in [1.54, 1.807) is 12.1 Å². The highest BCUT2D eigenvalue weighted by atomic mass is 35.5. The lowest BCUT2D eigenvalue weighted by atomic mass is 10.3. The number of rotatable bonds is 7. The molecule has 0 saturated carbocycles. The first-order valence-electron chi connectivity index (χ1n) is 5.47. The first-order valence-corrected chi connectivity index (χ1v) is 8.04. The lowest BCUT2D eigenvalue weighted by Gasteiger charge is -2.10. The second kappa shape index (κ2) is 7.07. The maximum atomic E-state index is 11.6. The smallest absolute Gasteiger partial charge is 0.232 e. The van der Waals surface area contributed by atoms with Gasteiger partial charge in [-0.1, -0.05) is 11.6 Å². The van der Waals surface area contributed by atoms with Crippen LogP contribution < -0.4 is 9.46 Å². The highest BCUT2D eigenvalue weighted by Crippen LogP contribution is 2.28. The highest BCUT2D eigenvalue weighted by Gasteiger charge is 2.11. The van der Waals surface area contributed by atoms with Crippen LogP contribution in [0.15, 0.2) is 18.2 Å². The molecule has 0 fully saturated rings. The number of benzene rings is 1. The molecule has 4 nitrogen and oxygen atoms in total. The van der Waals surface area contributed by atoms with E-state index in [1.165, 1.54) is 6.07 Å². The predicted octanol–water partition coefficient (Wildman–Crippen LogP) is 3.11. The summed E-state index contributed by atoms with van der Waals surface area (Å²) in [6, 6.07) is 4.76. The molecule has 0 aromatic heterocycles. The largest absolute Gasteiger partial charge is 0.492 e. The first-order chi connectivity index (χ1) is 8.48. The van der Waals surface area contributed by atoms with Crippen LogP contribution in [0.4, 0.5) is 5.69 Å². The molecule has 0 saturated heterocycles. The Balaban J connectivity index is 2.77. The maximum Gasteiger partial charge on any atom is 0.232 e. The van der Waals surface area contributed by atoms with Crippen LogP contribution in [-0.4, -0.2) is 26.7 Å². The summed E-state index contributed by atoms with van der Waals surface area (Å²) in [5.41, 5.74) is 0.415. The molecule has 0 unspecified atom stereocenters. The molecule has 0 heterocycles. The van der Waals surface area contributed by atoms with Gasteiger partial charge < -0.3 is 4.74 Å². The third-order valence-electron chi connectivity index (χ3n) is 2.05. The summed E-state index contributed by atoms with van der Waals surface area (Å²) >= 11 is 11.4. The van der Waals surface area contributed by atoms with Gasteiger partial charge in [0.05, 0.1) is 23.1 Å². The van der Waals surface area contributed by atoms with Crippen LogP contribution in [-0.2, 0) is 10.0 Å². The van der Waals surface area contributed by atoms with Crippen molar-refractivity contribution >= 4 is 38.9 Å². The van der Waals surface area contributed by atoms with Crippen LogP contribution in [0.1, 0.15) is 13.3 Å². The van der Waals surface area contributed by atoms with E-state index in [9.17, 15) is 8.42 Å². The minimum atomic E-state index is -3.37. The Hall–Kier alpha value is -0.650. The number of hydrogen-bond donors (Lipinski definition) is 1. The van der Waals surface area contributed by atoms with Gasteiger partial charge in [0.25, 0.3) is 0 Å². The number of ether oxygens (including phenoxy) is 1. The number of anilines is 1. The molecule has 0 aliphatic rings. The molecule has 1 aromatic rings. The average Bonchev–Trinajstić information content (AvgIpc) is 2.30. The van der Waals surface area contributed by atoms with Crippen molar-refractivity contribution in [3.8, 4) is 5.75 Å². The number of halogens is 2. The third-order valence-corrected chi connectivity index (χ3v) is 3.99. The van der Waals surface area contributed by atoms with Crippen molar-refractivity contribution in [2.45, 2.75) is 13.3 Å². The van der Waals surface area contributed by atoms with Gasteiger partial charge in [-0.15, -0.1) is 11.6 Å². The molecule has 0 aliphatic heterocycles. The summed E-state index contributed by atoms with van der Waals surface area (Å²) in [5.74, 6) is 0.828.